The van der Waals surface area contributed by atoms with Gasteiger partial charge in [0.05, 0.1) is 43.7 Å². The van der Waals surface area contributed by atoms with Crippen molar-refractivity contribution in [3.05, 3.63) is 53.1 Å². The van der Waals surface area contributed by atoms with Crippen LogP contribution in [0.15, 0.2) is 47.5 Å². The first-order chi connectivity index (χ1) is 16.8. The van der Waals surface area contributed by atoms with Crippen LogP contribution < -0.4 is 24.7 Å². The maximum atomic E-state index is 13.2. The van der Waals surface area contributed by atoms with Crippen LogP contribution in [0.25, 0.3) is 10.9 Å². The lowest BCUT2D eigenvalue weighted by Gasteiger charge is -2.35. The zero-order chi connectivity index (χ0) is 25.1. The minimum atomic E-state index is -0.775. The third-order valence-electron chi connectivity index (χ3n) is 5.91. The van der Waals surface area contributed by atoms with Crippen LogP contribution in [0.4, 0.5) is 5.69 Å². The summed E-state index contributed by atoms with van der Waals surface area (Å²) in [5, 5.41) is 0.406. The average molecular weight is 481 g/mol. The molecule has 0 radical (unpaired) electrons. The number of anilines is 1. The van der Waals surface area contributed by atoms with Crippen molar-refractivity contribution in [3.8, 4) is 17.2 Å². The van der Waals surface area contributed by atoms with Crippen molar-refractivity contribution in [1.82, 2.24) is 14.5 Å². The van der Waals surface area contributed by atoms with Crippen molar-refractivity contribution in [3.63, 3.8) is 0 Å². The summed E-state index contributed by atoms with van der Waals surface area (Å²) in [6, 6.07) is 10.4. The summed E-state index contributed by atoms with van der Waals surface area (Å²) in [7, 11) is 6.33. The van der Waals surface area contributed by atoms with E-state index in [2.05, 4.69) is 4.98 Å². The molecule has 1 unspecified atom stereocenters. The molecule has 0 saturated carbocycles. The van der Waals surface area contributed by atoms with Crippen molar-refractivity contribution < 1.29 is 23.8 Å². The monoisotopic (exact) mass is 480 g/mol. The zero-order valence-electron chi connectivity index (χ0n) is 20.2. The van der Waals surface area contributed by atoms with Crippen LogP contribution in [0.1, 0.15) is 12.8 Å². The summed E-state index contributed by atoms with van der Waals surface area (Å²) in [4.78, 5) is 46.0. The Kier molecular flexibility index (Phi) is 6.90. The summed E-state index contributed by atoms with van der Waals surface area (Å²) < 4.78 is 17.9. The van der Waals surface area contributed by atoms with Gasteiger partial charge in [-0.3, -0.25) is 19.0 Å². The van der Waals surface area contributed by atoms with Crippen molar-refractivity contribution >= 4 is 28.4 Å². The molecule has 2 heterocycles. The normalized spacial score (nSPS) is 14.7. The molecule has 10 nitrogen and oxygen atoms in total. The van der Waals surface area contributed by atoms with Gasteiger partial charge in [-0.1, -0.05) is 12.1 Å². The first-order valence-corrected chi connectivity index (χ1v) is 11.2. The number of fused-ring (bicyclic) bond motifs is 2. The van der Waals surface area contributed by atoms with E-state index in [9.17, 15) is 14.4 Å². The molecule has 2 amide bonds. The molecule has 0 spiro atoms. The van der Waals surface area contributed by atoms with E-state index >= 15 is 0 Å². The number of ether oxygens (including phenoxy) is 3. The Hall–Kier alpha value is -4.08. The standard InChI is InChI=1S/C25H28N4O6/c1-27(2)25(32)22-14-29(18-8-5-6-9-19(18)35-22)23(30)10-7-11-28-15-26-17-13-21(34-4)20(33-3)12-16(17)24(28)31/h5-6,8-9,12-13,15,22H,7,10-11,14H2,1-4H3. The van der Waals surface area contributed by atoms with E-state index in [0.717, 1.165) is 0 Å². The second kappa shape index (κ2) is 10.0. The Morgan fingerprint density at radius 3 is 2.57 bits per heavy atom. The number of carbonyl (C=O) groups is 2. The Balaban J connectivity index is 1.49. The first kappa shape index (κ1) is 24.1. The number of likely N-dealkylation sites (N-methyl/N-ethyl adjacent to an activating group) is 1. The highest BCUT2D eigenvalue weighted by Gasteiger charge is 2.34. The zero-order valence-corrected chi connectivity index (χ0v) is 20.2. The lowest BCUT2D eigenvalue weighted by atomic mass is 10.1. The minimum absolute atomic E-state index is 0.131. The fraction of sp³-hybridized carbons (Fsp3) is 0.360. The number of aryl methyl sites for hydroxylation is 1. The number of amides is 2. The maximum Gasteiger partial charge on any atom is 0.265 e. The molecule has 0 saturated heterocycles. The molecule has 1 atom stereocenters. The quantitative estimate of drug-likeness (QED) is 0.510. The fourth-order valence-electron chi connectivity index (χ4n) is 4.07. The minimum Gasteiger partial charge on any atom is -0.493 e. The first-order valence-electron chi connectivity index (χ1n) is 11.2. The van der Waals surface area contributed by atoms with Gasteiger partial charge in [0.2, 0.25) is 5.91 Å². The molecule has 0 bridgehead atoms. The Morgan fingerprint density at radius 2 is 1.86 bits per heavy atom. The maximum absolute atomic E-state index is 13.2. The molecule has 184 valence electrons. The van der Waals surface area contributed by atoms with Crippen LogP contribution >= 0.6 is 0 Å². The van der Waals surface area contributed by atoms with Crippen LogP contribution in [-0.4, -0.2) is 67.2 Å². The van der Waals surface area contributed by atoms with E-state index in [1.165, 1.54) is 30.0 Å². The largest absolute Gasteiger partial charge is 0.493 e. The number of hydrogen-bond acceptors (Lipinski definition) is 7. The molecular formula is C25H28N4O6. The fourth-order valence-corrected chi connectivity index (χ4v) is 4.07. The lowest BCUT2D eigenvalue weighted by molar-refractivity contribution is -0.136. The highest BCUT2D eigenvalue weighted by Crippen LogP contribution is 2.34. The summed E-state index contributed by atoms with van der Waals surface area (Å²) in [5.74, 6) is 1.07. The number of para-hydroxylation sites is 2. The molecule has 35 heavy (non-hydrogen) atoms. The molecule has 2 aromatic carbocycles. The van der Waals surface area contributed by atoms with Gasteiger partial charge in [-0.2, -0.15) is 0 Å². The van der Waals surface area contributed by atoms with Crippen molar-refractivity contribution in [1.29, 1.82) is 0 Å². The number of hydrogen-bond donors (Lipinski definition) is 0. The number of carbonyl (C=O) groups excluding carboxylic acids is 2. The van der Waals surface area contributed by atoms with Crippen molar-refractivity contribution in [2.24, 2.45) is 0 Å². The number of methoxy groups -OCH3 is 2. The summed E-state index contributed by atoms with van der Waals surface area (Å²) in [5.41, 5.74) is 0.907. The third-order valence-corrected chi connectivity index (χ3v) is 5.91. The van der Waals surface area contributed by atoms with Gasteiger partial charge in [-0.15, -0.1) is 0 Å². The van der Waals surface area contributed by atoms with Gasteiger partial charge in [0.15, 0.2) is 17.6 Å². The number of nitrogens with zero attached hydrogens (tertiary/aromatic N) is 4. The number of benzene rings is 2. The van der Waals surface area contributed by atoms with E-state index in [0.29, 0.717) is 46.8 Å². The smallest absolute Gasteiger partial charge is 0.265 e. The van der Waals surface area contributed by atoms with Crippen LogP contribution in [0.3, 0.4) is 0 Å². The molecule has 4 rings (SSSR count). The second-order valence-corrected chi connectivity index (χ2v) is 8.38. The molecule has 0 N–H and O–H groups in total. The van der Waals surface area contributed by atoms with Crippen molar-refractivity contribution in [2.75, 3.05) is 39.8 Å². The lowest BCUT2D eigenvalue weighted by Crippen LogP contribution is -2.50. The molecule has 1 aliphatic heterocycles. The van der Waals surface area contributed by atoms with Gasteiger partial charge in [0.25, 0.3) is 11.5 Å². The molecule has 1 aliphatic rings. The van der Waals surface area contributed by atoms with E-state index in [1.807, 2.05) is 6.07 Å². The molecule has 3 aromatic rings. The van der Waals surface area contributed by atoms with Gasteiger partial charge in [-0.25, -0.2) is 4.98 Å². The highest BCUT2D eigenvalue weighted by atomic mass is 16.5. The van der Waals surface area contributed by atoms with Gasteiger partial charge >= 0.3 is 0 Å². The van der Waals surface area contributed by atoms with Crippen LogP contribution in [0.2, 0.25) is 0 Å². The van der Waals surface area contributed by atoms with E-state index in [4.69, 9.17) is 14.2 Å². The number of aromatic nitrogens is 2. The third kappa shape index (κ3) is 4.77. The van der Waals surface area contributed by atoms with E-state index in [1.54, 1.807) is 49.3 Å². The number of rotatable bonds is 7. The van der Waals surface area contributed by atoms with Crippen LogP contribution in [0.5, 0.6) is 17.2 Å². The van der Waals surface area contributed by atoms with Crippen molar-refractivity contribution in [2.45, 2.75) is 25.5 Å². The summed E-state index contributed by atoms with van der Waals surface area (Å²) >= 11 is 0. The molecule has 10 heteroatoms. The summed E-state index contributed by atoms with van der Waals surface area (Å²) in [6.45, 7) is 0.444. The van der Waals surface area contributed by atoms with Gasteiger partial charge in [0.1, 0.15) is 5.75 Å². The Bertz CT molecular complexity index is 1320. The van der Waals surface area contributed by atoms with E-state index in [-0.39, 0.29) is 30.3 Å². The molecule has 0 fully saturated rings. The second-order valence-electron chi connectivity index (χ2n) is 8.38. The van der Waals surface area contributed by atoms with Gasteiger partial charge < -0.3 is 24.0 Å². The summed E-state index contributed by atoms with van der Waals surface area (Å²) in [6.07, 6.45) is 1.30. The predicted octanol–water partition coefficient (Wildman–Crippen LogP) is 2.08. The average Bonchev–Trinajstić information content (AvgIpc) is 2.87. The van der Waals surface area contributed by atoms with Crippen LogP contribution in [-0.2, 0) is 16.1 Å². The van der Waals surface area contributed by atoms with Gasteiger partial charge in [0, 0.05) is 33.1 Å². The van der Waals surface area contributed by atoms with Gasteiger partial charge in [-0.05, 0) is 24.6 Å². The molecular weight excluding hydrogens is 452 g/mol. The van der Waals surface area contributed by atoms with E-state index < -0.39 is 6.10 Å². The molecule has 1 aromatic heterocycles. The SMILES string of the molecule is COc1cc2ncn(CCCC(=O)N3CC(C(=O)N(C)C)Oc4ccccc43)c(=O)c2cc1OC. The molecule has 0 aliphatic carbocycles. The van der Waals surface area contributed by atoms with Crippen LogP contribution in [0, 0.1) is 0 Å². The predicted molar refractivity (Wildman–Crippen MR) is 130 cm³/mol. The highest BCUT2D eigenvalue weighted by molar-refractivity contribution is 5.97. The topological polar surface area (TPSA) is 103 Å². The Labute approximate surface area is 202 Å². The Morgan fingerprint density at radius 1 is 1.14 bits per heavy atom.